The molecule has 0 bridgehead atoms. The first-order valence-electron chi connectivity index (χ1n) is 6.76. The van der Waals surface area contributed by atoms with E-state index in [-0.39, 0.29) is 11.1 Å². The van der Waals surface area contributed by atoms with Crippen molar-refractivity contribution in [2.24, 2.45) is 0 Å². The first-order chi connectivity index (χ1) is 10.5. The number of anilines is 2. The van der Waals surface area contributed by atoms with Gasteiger partial charge >= 0.3 is 0 Å². The topological polar surface area (TPSA) is 98.7 Å². The Bertz CT molecular complexity index is 765. The summed E-state index contributed by atoms with van der Waals surface area (Å²) < 4.78 is 0. The Labute approximate surface area is 125 Å². The highest BCUT2D eigenvalue weighted by Gasteiger charge is 2.67. The third-order valence-electron chi connectivity index (χ3n) is 4.31. The standard InChI is InChI=1S/C16H12N2O4/c19-13-15(21,9-5-1-3-7-11(9)17-13)16(22)10-6-2-4-8-12(10)18-14(16)20/h1-8,21-22H,(H,17,19)(H,18,20)/t15-,16+. The van der Waals surface area contributed by atoms with Gasteiger partial charge in [0.1, 0.15) is 0 Å². The second kappa shape index (κ2) is 3.94. The molecule has 0 aliphatic carbocycles. The molecule has 0 fully saturated rings. The van der Waals surface area contributed by atoms with E-state index in [4.69, 9.17) is 0 Å². The largest absolute Gasteiger partial charge is 0.372 e. The molecule has 2 atom stereocenters. The third kappa shape index (κ3) is 1.26. The van der Waals surface area contributed by atoms with E-state index in [0.717, 1.165) is 0 Å². The van der Waals surface area contributed by atoms with Crippen LogP contribution in [0.3, 0.4) is 0 Å². The molecule has 0 unspecified atom stereocenters. The van der Waals surface area contributed by atoms with Gasteiger partial charge in [0.25, 0.3) is 11.8 Å². The van der Waals surface area contributed by atoms with Crippen LogP contribution in [-0.2, 0) is 20.8 Å². The minimum Gasteiger partial charge on any atom is -0.372 e. The van der Waals surface area contributed by atoms with Gasteiger partial charge < -0.3 is 20.8 Å². The molecule has 4 rings (SSSR count). The molecule has 6 heteroatoms. The molecule has 4 N–H and O–H groups in total. The second-order valence-corrected chi connectivity index (χ2v) is 5.42. The van der Waals surface area contributed by atoms with E-state index in [2.05, 4.69) is 10.6 Å². The maximum atomic E-state index is 12.4. The molecule has 22 heavy (non-hydrogen) atoms. The zero-order chi connectivity index (χ0) is 15.5. The van der Waals surface area contributed by atoms with Gasteiger partial charge in [-0.1, -0.05) is 36.4 Å². The summed E-state index contributed by atoms with van der Waals surface area (Å²) in [5, 5.41) is 27.2. The lowest BCUT2D eigenvalue weighted by Crippen LogP contribution is -2.57. The van der Waals surface area contributed by atoms with Gasteiger partial charge in [-0.2, -0.15) is 0 Å². The van der Waals surface area contributed by atoms with Crippen molar-refractivity contribution in [1.82, 2.24) is 0 Å². The normalized spacial score (nSPS) is 28.8. The Morgan fingerprint density at radius 1 is 0.682 bits per heavy atom. The molecule has 0 spiro atoms. The predicted octanol–water partition coefficient (Wildman–Crippen LogP) is 0.666. The fourth-order valence-electron chi connectivity index (χ4n) is 3.20. The molecule has 2 amide bonds. The number of benzene rings is 2. The summed E-state index contributed by atoms with van der Waals surface area (Å²) in [6.07, 6.45) is 0. The minimum absolute atomic E-state index is 0.175. The van der Waals surface area contributed by atoms with Crippen LogP contribution in [0.2, 0.25) is 0 Å². The summed E-state index contributed by atoms with van der Waals surface area (Å²) in [5.74, 6) is -1.66. The van der Waals surface area contributed by atoms with Crippen LogP contribution in [-0.4, -0.2) is 22.0 Å². The van der Waals surface area contributed by atoms with E-state index in [1.54, 1.807) is 36.4 Å². The SMILES string of the molecule is O=C1Nc2ccccc2[C@@]1(O)[C@]1(O)C(=O)Nc2ccccc21. The van der Waals surface area contributed by atoms with E-state index >= 15 is 0 Å². The quantitative estimate of drug-likeness (QED) is 0.621. The summed E-state index contributed by atoms with van der Waals surface area (Å²) in [6, 6.07) is 12.9. The van der Waals surface area contributed by atoms with Crippen molar-refractivity contribution < 1.29 is 19.8 Å². The van der Waals surface area contributed by atoms with E-state index in [0.29, 0.717) is 11.4 Å². The van der Waals surface area contributed by atoms with Crippen molar-refractivity contribution in [1.29, 1.82) is 0 Å². The van der Waals surface area contributed by atoms with Gasteiger partial charge in [0.05, 0.1) is 0 Å². The van der Waals surface area contributed by atoms with E-state index in [1.807, 2.05) is 0 Å². The Morgan fingerprint density at radius 3 is 1.45 bits per heavy atom. The molecule has 0 saturated heterocycles. The molecule has 0 saturated carbocycles. The van der Waals surface area contributed by atoms with Crippen molar-refractivity contribution in [3.05, 3.63) is 59.7 Å². The lowest BCUT2D eigenvalue weighted by molar-refractivity contribution is -0.181. The van der Waals surface area contributed by atoms with E-state index in [1.165, 1.54) is 12.1 Å². The van der Waals surface area contributed by atoms with Gasteiger partial charge in [0.15, 0.2) is 0 Å². The van der Waals surface area contributed by atoms with Gasteiger partial charge in [0, 0.05) is 22.5 Å². The first-order valence-corrected chi connectivity index (χ1v) is 6.76. The van der Waals surface area contributed by atoms with Crippen LogP contribution >= 0.6 is 0 Å². The number of fused-ring (bicyclic) bond motifs is 2. The number of hydrogen-bond acceptors (Lipinski definition) is 4. The fraction of sp³-hybridized carbons (Fsp3) is 0.125. The lowest BCUT2D eigenvalue weighted by Gasteiger charge is -2.34. The Balaban J connectivity index is 2.02. The van der Waals surface area contributed by atoms with Gasteiger partial charge in [-0.25, -0.2) is 0 Å². The summed E-state index contributed by atoms with van der Waals surface area (Å²) in [5.41, 5.74) is -3.68. The molecule has 2 aliphatic rings. The third-order valence-corrected chi connectivity index (χ3v) is 4.31. The van der Waals surface area contributed by atoms with Crippen LogP contribution in [0, 0.1) is 0 Å². The van der Waals surface area contributed by atoms with Gasteiger partial charge in [-0.05, 0) is 12.1 Å². The van der Waals surface area contributed by atoms with E-state index in [9.17, 15) is 19.8 Å². The Hall–Kier alpha value is -2.70. The van der Waals surface area contributed by atoms with E-state index < -0.39 is 23.0 Å². The van der Waals surface area contributed by atoms with Crippen LogP contribution in [0.5, 0.6) is 0 Å². The van der Waals surface area contributed by atoms with Crippen molar-refractivity contribution >= 4 is 23.2 Å². The number of carbonyl (C=O) groups is 2. The summed E-state index contributed by atoms with van der Waals surface area (Å²) in [7, 11) is 0. The van der Waals surface area contributed by atoms with Crippen molar-refractivity contribution in [3.63, 3.8) is 0 Å². The second-order valence-electron chi connectivity index (χ2n) is 5.42. The Morgan fingerprint density at radius 2 is 1.05 bits per heavy atom. The van der Waals surface area contributed by atoms with Crippen molar-refractivity contribution in [2.75, 3.05) is 10.6 Å². The maximum Gasteiger partial charge on any atom is 0.265 e. The van der Waals surface area contributed by atoms with Gasteiger partial charge in [-0.3, -0.25) is 9.59 Å². The van der Waals surface area contributed by atoms with Crippen LogP contribution in [0.25, 0.3) is 0 Å². The predicted molar refractivity (Wildman–Crippen MR) is 77.9 cm³/mol. The molecule has 110 valence electrons. The first kappa shape index (κ1) is 13.0. The summed E-state index contributed by atoms with van der Waals surface area (Å²) >= 11 is 0. The van der Waals surface area contributed by atoms with Crippen LogP contribution in [0.15, 0.2) is 48.5 Å². The molecule has 0 aromatic heterocycles. The number of carbonyl (C=O) groups excluding carboxylic acids is 2. The van der Waals surface area contributed by atoms with Crippen molar-refractivity contribution in [2.45, 2.75) is 11.2 Å². The van der Waals surface area contributed by atoms with Crippen LogP contribution < -0.4 is 10.6 Å². The number of nitrogens with one attached hydrogen (secondary N) is 2. The average molecular weight is 296 g/mol. The maximum absolute atomic E-state index is 12.4. The average Bonchev–Trinajstić information content (AvgIpc) is 2.94. The highest BCUT2D eigenvalue weighted by molar-refractivity contribution is 6.15. The summed E-state index contributed by atoms with van der Waals surface area (Å²) in [4.78, 5) is 24.8. The zero-order valence-corrected chi connectivity index (χ0v) is 11.3. The summed E-state index contributed by atoms with van der Waals surface area (Å²) in [6.45, 7) is 0. The number of aliphatic hydroxyl groups is 2. The number of amides is 2. The smallest absolute Gasteiger partial charge is 0.265 e. The monoisotopic (exact) mass is 296 g/mol. The molecule has 2 aromatic carbocycles. The molecular formula is C16H12N2O4. The van der Waals surface area contributed by atoms with Crippen LogP contribution in [0.4, 0.5) is 11.4 Å². The van der Waals surface area contributed by atoms with Crippen LogP contribution in [0.1, 0.15) is 11.1 Å². The minimum atomic E-state index is -2.39. The number of rotatable bonds is 1. The molecule has 0 radical (unpaired) electrons. The van der Waals surface area contributed by atoms with Gasteiger partial charge in [-0.15, -0.1) is 0 Å². The molecule has 6 nitrogen and oxygen atoms in total. The molecular weight excluding hydrogens is 284 g/mol. The molecule has 2 heterocycles. The number of para-hydroxylation sites is 2. The Kier molecular flexibility index (Phi) is 2.33. The highest BCUT2D eigenvalue weighted by atomic mass is 16.4. The highest BCUT2D eigenvalue weighted by Crippen LogP contribution is 2.52. The number of hydrogen-bond donors (Lipinski definition) is 4. The fourth-order valence-corrected chi connectivity index (χ4v) is 3.20. The van der Waals surface area contributed by atoms with Gasteiger partial charge in [0.2, 0.25) is 11.2 Å². The van der Waals surface area contributed by atoms with Crippen molar-refractivity contribution in [3.8, 4) is 0 Å². The molecule has 2 aromatic rings. The zero-order valence-electron chi connectivity index (χ0n) is 11.3. The lowest BCUT2D eigenvalue weighted by atomic mass is 9.74. The molecule has 2 aliphatic heterocycles.